The second-order valence-corrected chi connectivity index (χ2v) is 3.56. The van der Waals surface area contributed by atoms with Gasteiger partial charge in [-0.3, -0.25) is 10.1 Å². The number of hydrogen-bond donors (Lipinski definition) is 0. The number of carbonyl (C=O) groups excluding carboxylic acids is 1. The van der Waals surface area contributed by atoms with Gasteiger partial charge in [0, 0.05) is 5.56 Å². The third-order valence-electron chi connectivity index (χ3n) is 2.26. The molecule has 0 spiro atoms. The van der Waals surface area contributed by atoms with Crippen molar-refractivity contribution in [3.63, 3.8) is 0 Å². The van der Waals surface area contributed by atoms with E-state index in [4.69, 9.17) is 4.74 Å². The molecular formula is C12H13NO5. The van der Waals surface area contributed by atoms with Crippen LogP contribution in [0.2, 0.25) is 0 Å². The van der Waals surface area contributed by atoms with E-state index in [9.17, 15) is 14.9 Å². The Morgan fingerprint density at radius 1 is 1.50 bits per heavy atom. The summed E-state index contributed by atoms with van der Waals surface area (Å²) in [5.41, 5.74) is 0.463. The van der Waals surface area contributed by atoms with Crippen LogP contribution in [0.5, 0.6) is 5.75 Å². The minimum Gasteiger partial charge on any atom is -0.482 e. The maximum absolute atomic E-state index is 11.1. The topological polar surface area (TPSA) is 78.7 Å². The van der Waals surface area contributed by atoms with Gasteiger partial charge in [0.2, 0.25) is 0 Å². The first kappa shape index (κ1) is 13.7. The average Bonchev–Trinajstić information content (AvgIpc) is 2.34. The van der Waals surface area contributed by atoms with Crippen molar-refractivity contribution in [3.05, 3.63) is 46.0 Å². The lowest BCUT2D eigenvalue weighted by Gasteiger charge is -2.08. The fraction of sp³-hybridized carbons (Fsp3) is 0.250. The van der Waals surface area contributed by atoms with Gasteiger partial charge in [-0.05, 0) is 13.0 Å². The monoisotopic (exact) mass is 251 g/mol. The van der Waals surface area contributed by atoms with Crippen LogP contribution in [0.3, 0.4) is 0 Å². The molecule has 0 fully saturated rings. The summed E-state index contributed by atoms with van der Waals surface area (Å²) in [6.45, 7) is 4.92. The highest BCUT2D eigenvalue weighted by atomic mass is 16.6. The number of benzene rings is 1. The lowest BCUT2D eigenvalue weighted by Crippen LogP contribution is -2.12. The maximum atomic E-state index is 11.1. The first-order valence-electron chi connectivity index (χ1n) is 5.10. The molecule has 96 valence electrons. The summed E-state index contributed by atoms with van der Waals surface area (Å²) in [6.07, 6.45) is 0. The van der Waals surface area contributed by atoms with E-state index in [0.29, 0.717) is 5.56 Å². The number of hydrogen-bond acceptors (Lipinski definition) is 5. The van der Waals surface area contributed by atoms with Gasteiger partial charge >= 0.3 is 11.7 Å². The van der Waals surface area contributed by atoms with E-state index in [2.05, 4.69) is 11.3 Å². The van der Waals surface area contributed by atoms with Gasteiger partial charge < -0.3 is 9.47 Å². The van der Waals surface area contributed by atoms with Gasteiger partial charge in [0.15, 0.2) is 5.75 Å². The number of aryl methyl sites for hydroxylation is 1. The van der Waals surface area contributed by atoms with Gasteiger partial charge in [0.25, 0.3) is 0 Å². The Labute approximate surface area is 104 Å². The van der Waals surface area contributed by atoms with Crippen molar-refractivity contribution in [3.8, 4) is 5.75 Å². The zero-order chi connectivity index (χ0) is 13.7. The summed E-state index contributed by atoms with van der Waals surface area (Å²) in [5, 5.41) is 10.9. The zero-order valence-corrected chi connectivity index (χ0v) is 10.1. The van der Waals surface area contributed by atoms with Crippen molar-refractivity contribution in [1.82, 2.24) is 0 Å². The highest BCUT2D eigenvalue weighted by Gasteiger charge is 2.19. The van der Waals surface area contributed by atoms with E-state index in [1.54, 1.807) is 19.1 Å². The molecule has 6 nitrogen and oxygen atoms in total. The van der Waals surface area contributed by atoms with Crippen LogP contribution in [-0.2, 0) is 9.53 Å². The Hall–Kier alpha value is -2.37. The summed E-state index contributed by atoms with van der Waals surface area (Å²) < 4.78 is 9.67. The normalized spacial score (nSPS) is 9.67. The predicted molar refractivity (Wildman–Crippen MR) is 64.5 cm³/mol. The highest BCUT2D eigenvalue weighted by Crippen LogP contribution is 2.30. The van der Waals surface area contributed by atoms with Gasteiger partial charge in [0.1, 0.15) is 6.61 Å². The van der Waals surface area contributed by atoms with E-state index in [-0.39, 0.29) is 23.6 Å². The Morgan fingerprint density at radius 2 is 2.17 bits per heavy atom. The highest BCUT2D eigenvalue weighted by molar-refractivity contribution is 5.87. The van der Waals surface area contributed by atoms with Crippen molar-refractivity contribution in [2.24, 2.45) is 0 Å². The van der Waals surface area contributed by atoms with Crippen molar-refractivity contribution in [2.75, 3.05) is 13.7 Å². The largest absolute Gasteiger partial charge is 0.482 e. The Morgan fingerprint density at radius 3 is 2.72 bits per heavy atom. The third kappa shape index (κ3) is 3.07. The average molecular weight is 251 g/mol. The molecule has 0 atom stereocenters. The van der Waals surface area contributed by atoms with Gasteiger partial charge in [0.05, 0.1) is 17.6 Å². The number of ether oxygens (including phenoxy) is 2. The van der Waals surface area contributed by atoms with Gasteiger partial charge in [-0.15, -0.1) is 0 Å². The van der Waals surface area contributed by atoms with Gasteiger partial charge in [-0.25, -0.2) is 4.79 Å². The smallest absolute Gasteiger partial charge is 0.336 e. The van der Waals surface area contributed by atoms with E-state index < -0.39 is 10.9 Å². The summed E-state index contributed by atoms with van der Waals surface area (Å²) in [4.78, 5) is 21.4. The molecular weight excluding hydrogens is 238 g/mol. The summed E-state index contributed by atoms with van der Waals surface area (Å²) in [5.74, 6) is -0.504. The van der Waals surface area contributed by atoms with Crippen LogP contribution in [0, 0.1) is 17.0 Å². The molecule has 1 aromatic rings. The molecule has 0 unspecified atom stereocenters. The van der Waals surface area contributed by atoms with Crippen LogP contribution in [0.4, 0.5) is 5.69 Å². The Bertz CT molecular complexity index is 495. The molecule has 1 rings (SSSR count). The summed E-state index contributed by atoms with van der Waals surface area (Å²) in [6, 6.07) is 4.72. The minimum absolute atomic E-state index is 0.0910. The second kappa shape index (κ2) is 5.81. The van der Waals surface area contributed by atoms with Gasteiger partial charge in [-0.1, -0.05) is 18.7 Å². The fourth-order valence-electron chi connectivity index (χ4n) is 1.35. The standard InChI is InChI=1S/C12H13NO5/c1-8-5-4-6-10(11(8)13(15)16)18-7-9(2)12(14)17-3/h4-6H,2,7H2,1,3H3. The van der Waals surface area contributed by atoms with Crippen molar-refractivity contribution < 1.29 is 19.2 Å². The molecule has 0 aliphatic carbocycles. The number of nitro groups is 1. The minimum atomic E-state index is -0.606. The molecule has 0 radical (unpaired) electrons. The lowest BCUT2D eigenvalue weighted by molar-refractivity contribution is -0.386. The molecule has 0 saturated carbocycles. The van der Waals surface area contributed by atoms with E-state index in [1.807, 2.05) is 0 Å². The summed E-state index contributed by atoms with van der Waals surface area (Å²) in [7, 11) is 1.22. The number of esters is 1. The summed E-state index contributed by atoms with van der Waals surface area (Å²) >= 11 is 0. The van der Waals surface area contributed by atoms with E-state index in [1.165, 1.54) is 13.2 Å². The SMILES string of the molecule is C=C(COc1cccc(C)c1[N+](=O)[O-])C(=O)OC. The number of carbonyl (C=O) groups is 1. The number of nitro benzene ring substituents is 1. The lowest BCUT2D eigenvalue weighted by atomic mass is 10.2. The molecule has 1 aromatic carbocycles. The number of methoxy groups -OCH3 is 1. The Balaban J connectivity index is 2.86. The van der Waals surface area contributed by atoms with Crippen molar-refractivity contribution >= 4 is 11.7 Å². The fourth-order valence-corrected chi connectivity index (χ4v) is 1.35. The van der Waals surface area contributed by atoms with Crippen LogP contribution in [0.25, 0.3) is 0 Å². The molecule has 0 saturated heterocycles. The number of nitrogens with zero attached hydrogens (tertiary/aromatic N) is 1. The molecule has 0 N–H and O–H groups in total. The zero-order valence-electron chi connectivity index (χ0n) is 10.1. The predicted octanol–water partition coefficient (Wildman–Crippen LogP) is 2.01. The van der Waals surface area contributed by atoms with E-state index >= 15 is 0 Å². The van der Waals surface area contributed by atoms with Gasteiger partial charge in [-0.2, -0.15) is 0 Å². The molecule has 18 heavy (non-hydrogen) atoms. The quantitative estimate of drug-likeness (QED) is 0.346. The third-order valence-corrected chi connectivity index (χ3v) is 2.26. The first-order chi connectivity index (χ1) is 8.47. The molecule has 0 aromatic heterocycles. The van der Waals surface area contributed by atoms with Crippen LogP contribution in [0.1, 0.15) is 5.56 Å². The van der Waals surface area contributed by atoms with Crippen LogP contribution in [0.15, 0.2) is 30.4 Å². The second-order valence-electron chi connectivity index (χ2n) is 3.56. The van der Waals surface area contributed by atoms with Crippen LogP contribution >= 0.6 is 0 Å². The van der Waals surface area contributed by atoms with E-state index in [0.717, 1.165) is 0 Å². The molecule has 6 heteroatoms. The maximum Gasteiger partial charge on any atom is 0.336 e. The molecule has 0 amide bonds. The number of rotatable bonds is 5. The molecule has 0 aliphatic heterocycles. The van der Waals surface area contributed by atoms with Crippen molar-refractivity contribution in [2.45, 2.75) is 6.92 Å². The Kier molecular flexibility index (Phi) is 4.42. The molecule has 0 bridgehead atoms. The molecule has 0 heterocycles. The van der Waals surface area contributed by atoms with Crippen LogP contribution in [-0.4, -0.2) is 24.6 Å². The van der Waals surface area contributed by atoms with Crippen molar-refractivity contribution in [1.29, 1.82) is 0 Å². The number of para-hydroxylation sites is 1. The molecule has 0 aliphatic rings. The first-order valence-corrected chi connectivity index (χ1v) is 5.10. The van der Waals surface area contributed by atoms with Crippen LogP contribution < -0.4 is 4.74 Å².